The molecule has 0 unspecified atom stereocenters. The molecule has 0 heterocycles. The average molecular weight is 238 g/mol. The molecule has 17 heavy (non-hydrogen) atoms. The average Bonchev–Trinajstić information content (AvgIpc) is 2.35. The summed E-state index contributed by atoms with van der Waals surface area (Å²) in [5.74, 6) is 0.0644. The van der Waals surface area contributed by atoms with Crippen molar-refractivity contribution < 1.29 is 24.1 Å². The second-order valence-electron chi connectivity index (χ2n) is 3.19. The van der Waals surface area contributed by atoms with Gasteiger partial charge in [0.05, 0.1) is 32.5 Å². The molecule has 0 aromatic heterocycles. The summed E-state index contributed by atoms with van der Waals surface area (Å²) >= 11 is 0. The van der Waals surface area contributed by atoms with Crippen LogP contribution in [0.3, 0.4) is 0 Å². The fraction of sp³-hybridized carbons (Fsp3) is 0.250. The molecule has 1 N–H and O–H groups in total. The zero-order valence-electron chi connectivity index (χ0n) is 9.94. The third-order valence-electron chi connectivity index (χ3n) is 2.27. The Labute approximate surface area is 99.2 Å². The van der Waals surface area contributed by atoms with Crippen molar-refractivity contribution in [1.82, 2.24) is 0 Å². The van der Waals surface area contributed by atoms with E-state index in [1.807, 2.05) is 0 Å². The Morgan fingerprint density at radius 1 is 1.12 bits per heavy atom. The van der Waals surface area contributed by atoms with E-state index >= 15 is 0 Å². The lowest BCUT2D eigenvalue weighted by molar-refractivity contribution is -0.130. The predicted octanol–water partition coefficient (Wildman–Crippen LogP) is 1.81. The lowest BCUT2D eigenvalue weighted by atomic mass is 10.0. The van der Waals surface area contributed by atoms with Gasteiger partial charge in [-0.3, -0.25) is 0 Å². The van der Waals surface area contributed by atoms with Gasteiger partial charge in [-0.05, 0) is 0 Å². The number of hydrogen-bond donors (Lipinski definition) is 1. The number of ether oxygens (including phenoxy) is 3. The Balaban J connectivity index is 3.44. The number of carboxylic acids is 1. The lowest BCUT2D eigenvalue weighted by Gasteiger charge is -2.14. The normalized spacial score (nSPS) is 9.59. The maximum absolute atomic E-state index is 10.9. The Hall–Kier alpha value is -2.17. The molecule has 1 aromatic rings. The van der Waals surface area contributed by atoms with Gasteiger partial charge in [0, 0.05) is 12.1 Å². The van der Waals surface area contributed by atoms with E-state index in [9.17, 15) is 4.79 Å². The van der Waals surface area contributed by atoms with E-state index in [0.29, 0.717) is 22.8 Å². The van der Waals surface area contributed by atoms with E-state index in [1.165, 1.54) is 21.3 Å². The van der Waals surface area contributed by atoms with Gasteiger partial charge < -0.3 is 19.3 Å². The van der Waals surface area contributed by atoms with Gasteiger partial charge in [-0.25, -0.2) is 4.79 Å². The molecule has 5 nitrogen and oxygen atoms in total. The maximum atomic E-state index is 10.9. The van der Waals surface area contributed by atoms with Crippen LogP contribution in [-0.4, -0.2) is 32.4 Å². The van der Waals surface area contributed by atoms with Crippen LogP contribution in [0.5, 0.6) is 17.2 Å². The van der Waals surface area contributed by atoms with E-state index in [-0.39, 0.29) is 5.57 Å². The van der Waals surface area contributed by atoms with Crippen molar-refractivity contribution in [3.8, 4) is 17.2 Å². The first-order valence-corrected chi connectivity index (χ1v) is 4.77. The van der Waals surface area contributed by atoms with Gasteiger partial charge in [-0.15, -0.1) is 0 Å². The zero-order valence-corrected chi connectivity index (χ0v) is 9.94. The van der Waals surface area contributed by atoms with Gasteiger partial charge in [0.2, 0.25) is 0 Å². The van der Waals surface area contributed by atoms with Crippen molar-refractivity contribution in [3.63, 3.8) is 0 Å². The third-order valence-corrected chi connectivity index (χ3v) is 2.27. The Kier molecular flexibility index (Phi) is 3.98. The number of rotatable bonds is 5. The summed E-state index contributed by atoms with van der Waals surface area (Å²) in [6, 6.07) is 3.15. The molecule has 0 radical (unpaired) electrons. The molecule has 1 rings (SSSR count). The Bertz CT molecular complexity index is 425. The Morgan fingerprint density at radius 2 is 1.59 bits per heavy atom. The molecular formula is C12H14O5. The molecule has 0 fully saturated rings. The molecule has 0 saturated heterocycles. The summed E-state index contributed by atoms with van der Waals surface area (Å²) in [6.45, 7) is 3.50. The van der Waals surface area contributed by atoms with Gasteiger partial charge in [0.15, 0.2) is 0 Å². The van der Waals surface area contributed by atoms with E-state index < -0.39 is 5.97 Å². The van der Waals surface area contributed by atoms with E-state index in [0.717, 1.165) is 0 Å². The fourth-order valence-corrected chi connectivity index (χ4v) is 1.41. The van der Waals surface area contributed by atoms with Crippen molar-refractivity contribution in [2.75, 3.05) is 21.3 Å². The van der Waals surface area contributed by atoms with Crippen molar-refractivity contribution in [3.05, 3.63) is 24.3 Å². The highest BCUT2D eigenvalue weighted by Crippen LogP contribution is 2.38. The fourth-order valence-electron chi connectivity index (χ4n) is 1.41. The number of methoxy groups -OCH3 is 3. The molecule has 5 heteroatoms. The SMILES string of the molecule is C=C(C(=O)O)c1c(OC)cc(OC)cc1OC. The zero-order chi connectivity index (χ0) is 13.0. The highest BCUT2D eigenvalue weighted by atomic mass is 16.5. The van der Waals surface area contributed by atoms with Crippen LogP contribution < -0.4 is 14.2 Å². The summed E-state index contributed by atoms with van der Waals surface area (Å²) in [5.41, 5.74) is 0.213. The molecular weight excluding hydrogens is 224 g/mol. The molecule has 0 aliphatic heterocycles. The molecule has 0 aliphatic rings. The van der Waals surface area contributed by atoms with Crippen molar-refractivity contribution >= 4 is 11.5 Å². The minimum Gasteiger partial charge on any atom is -0.496 e. The van der Waals surface area contributed by atoms with Crippen LogP contribution in [0.4, 0.5) is 0 Å². The van der Waals surface area contributed by atoms with Crippen LogP contribution in [0, 0.1) is 0 Å². The van der Waals surface area contributed by atoms with Crippen molar-refractivity contribution in [2.45, 2.75) is 0 Å². The van der Waals surface area contributed by atoms with Gasteiger partial charge >= 0.3 is 5.97 Å². The molecule has 1 aromatic carbocycles. The van der Waals surface area contributed by atoms with Crippen LogP contribution in [0.15, 0.2) is 18.7 Å². The van der Waals surface area contributed by atoms with Crippen LogP contribution in [0.1, 0.15) is 5.56 Å². The molecule has 0 aliphatic carbocycles. The first-order chi connectivity index (χ1) is 8.04. The summed E-state index contributed by atoms with van der Waals surface area (Å²) in [5, 5.41) is 8.96. The highest BCUT2D eigenvalue weighted by Gasteiger charge is 2.20. The Morgan fingerprint density at radius 3 is 1.88 bits per heavy atom. The van der Waals surface area contributed by atoms with E-state index in [4.69, 9.17) is 19.3 Å². The van der Waals surface area contributed by atoms with Gasteiger partial charge in [-0.2, -0.15) is 0 Å². The molecule has 0 amide bonds. The number of carboxylic acid groups (broad SMARTS) is 1. The lowest BCUT2D eigenvalue weighted by Crippen LogP contribution is -2.03. The number of aliphatic carboxylic acids is 1. The number of benzene rings is 1. The van der Waals surface area contributed by atoms with E-state index in [2.05, 4.69) is 6.58 Å². The largest absolute Gasteiger partial charge is 0.496 e. The van der Waals surface area contributed by atoms with Crippen LogP contribution >= 0.6 is 0 Å². The smallest absolute Gasteiger partial charge is 0.335 e. The van der Waals surface area contributed by atoms with Gasteiger partial charge in [-0.1, -0.05) is 6.58 Å². The van der Waals surface area contributed by atoms with Gasteiger partial charge in [0.25, 0.3) is 0 Å². The van der Waals surface area contributed by atoms with Gasteiger partial charge in [0.1, 0.15) is 17.2 Å². The van der Waals surface area contributed by atoms with E-state index in [1.54, 1.807) is 12.1 Å². The minimum absolute atomic E-state index is 0.0960. The van der Waals surface area contributed by atoms with Crippen molar-refractivity contribution in [2.24, 2.45) is 0 Å². The molecule has 0 atom stereocenters. The summed E-state index contributed by atoms with van der Waals surface area (Å²) in [7, 11) is 4.37. The first kappa shape index (κ1) is 12.9. The predicted molar refractivity (Wildman–Crippen MR) is 62.8 cm³/mol. The second-order valence-corrected chi connectivity index (χ2v) is 3.19. The molecule has 0 spiro atoms. The summed E-state index contributed by atoms with van der Waals surface area (Å²) in [6.07, 6.45) is 0. The number of hydrogen-bond acceptors (Lipinski definition) is 4. The third kappa shape index (κ3) is 2.50. The monoisotopic (exact) mass is 238 g/mol. The van der Waals surface area contributed by atoms with Crippen LogP contribution in [-0.2, 0) is 4.79 Å². The maximum Gasteiger partial charge on any atom is 0.335 e. The molecule has 0 bridgehead atoms. The standard InChI is InChI=1S/C12H14O5/c1-7(12(13)14)11-9(16-3)5-8(15-2)6-10(11)17-4/h5-6H,1H2,2-4H3,(H,13,14). The first-order valence-electron chi connectivity index (χ1n) is 4.77. The number of carbonyl (C=O) groups is 1. The second kappa shape index (κ2) is 5.25. The summed E-state index contributed by atoms with van der Waals surface area (Å²) < 4.78 is 15.3. The highest BCUT2D eigenvalue weighted by molar-refractivity contribution is 6.16. The molecule has 92 valence electrons. The quantitative estimate of drug-likeness (QED) is 0.792. The topological polar surface area (TPSA) is 65.0 Å². The van der Waals surface area contributed by atoms with Crippen molar-refractivity contribution in [1.29, 1.82) is 0 Å². The van der Waals surface area contributed by atoms with Crippen LogP contribution in [0.2, 0.25) is 0 Å². The summed E-state index contributed by atoms with van der Waals surface area (Å²) in [4.78, 5) is 10.9. The van der Waals surface area contributed by atoms with Crippen LogP contribution in [0.25, 0.3) is 5.57 Å². The molecule has 0 saturated carbocycles. The minimum atomic E-state index is -1.13.